The quantitative estimate of drug-likeness (QED) is 0.763. The van der Waals surface area contributed by atoms with E-state index in [9.17, 15) is 4.79 Å². The average Bonchev–Trinajstić information content (AvgIpc) is 3.21. The average molecular weight is 381 g/mol. The second-order valence-electron chi connectivity index (χ2n) is 7.56. The number of piperidine rings is 1. The van der Waals surface area contributed by atoms with Crippen LogP contribution in [-0.4, -0.2) is 44.4 Å². The molecule has 5 heteroatoms. The minimum atomic E-state index is -0.0000939. The molecule has 0 radical (unpaired) electrons. The van der Waals surface area contributed by atoms with Gasteiger partial charge in [0.25, 0.3) is 0 Å². The Hall–Kier alpha value is -2.53. The molecule has 0 aliphatic carbocycles. The van der Waals surface area contributed by atoms with Gasteiger partial charge in [0.05, 0.1) is 0 Å². The summed E-state index contributed by atoms with van der Waals surface area (Å²) in [7, 11) is 1.74. The van der Waals surface area contributed by atoms with Gasteiger partial charge in [-0.3, -0.25) is 4.79 Å². The van der Waals surface area contributed by atoms with E-state index >= 15 is 0 Å². The minimum Gasteiger partial charge on any atom is -0.454 e. The topological polar surface area (TPSA) is 48.0 Å². The summed E-state index contributed by atoms with van der Waals surface area (Å²) in [6, 6.07) is 16.2. The predicted octanol–water partition coefficient (Wildman–Crippen LogP) is 3.82. The first-order chi connectivity index (χ1) is 13.7. The number of fused-ring (bicyclic) bond motifs is 1. The van der Waals surface area contributed by atoms with Crippen LogP contribution < -0.4 is 9.47 Å². The number of nitrogens with zero attached hydrogens (tertiary/aromatic N) is 1. The Kier molecular flexibility index (Phi) is 5.81. The van der Waals surface area contributed by atoms with Crippen LogP contribution in [0.1, 0.15) is 36.3 Å². The zero-order valence-electron chi connectivity index (χ0n) is 16.3. The zero-order valence-corrected chi connectivity index (χ0v) is 16.3. The number of amides is 1. The molecule has 0 spiro atoms. The molecule has 28 heavy (non-hydrogen) atoms. The SMILES string of the molecule is COCC1CCN(C(=O)CC(c2ccccc2)c2ccc3c(c2)OCO3)CC1. The maximum absolute atomic E-state index is 13.1. The predicted molar refractivity (Wildman–Crippen MR) is 107 cm³/mol. The summed E-state index contributed by atoms with van der Waals surface area (Å²) in [5.41, 5.74) is 2.22. The lowest BCUT2D eigenvalue weighted by Gasteiger charge is -2.33. The fourth-order valence-corrected chi connectivity index (χ4v) is 4.13. The largest absolute Gasteiger partial charge is 0.454 e. The molecule has 0 N–H and O–H groups in total. The maximum atomic E-state index is 13.1. The Balaban J connectivity index is 1.51. The van der Waals surface area contributed by atoms with Crippen molar-refractivity contribution in [2.24, 2.45) is 5.92 Å². The molecular weight excluding hydrogens is 354 g/mol. The lowest BCUT2D eigenvalue weighted by Crippen LogP contribution is -2.39. The van der Waals surface area contributed by atoms with Crippen LogP contribution in [0.3, 0.4) is 0 Å². The van der Waals surface area contributed by atoms with E-state index in [4.69, 9.17) is 14.2 Å². The van der Waals surface area contributed by atoms with Crippen LogP contribution in [0.2, 0.25) is 0 Å². The first kappa shape index (κ1) is 18.8. The van der Waals surface area contributed by atoms with Crippen LogP contribution in [0.15, 0.2) is 48.5 Å². The van der Waals surface area contributed by atoms with Gasteiger partial charge in [0.15, 0.2) is 11.5 Å². The third-order valence-corrected chi connectivity index (χ3v) is 5.75. The van der Waals surface area contributed by atoms with E-state index in [0.717, 1.165) is 55.2 Å². The molecule has 0 saturated carbocycles. The number of ether oxygens (including phenoxy) is 3. The van der Waals surface area contributed by atoms with E-state index < -0.39 is 0 Å². The molecule has 2 aliphatic heterocycles. The molecule has 2 aromatic rings. The fourth-order valence-electron chi connectivity index (χ4n) is 4.13. The Morgan fingerprint density at radius 1 is 1.07 bits per heavy atom. The number of carbonyl (C=O) groups is 1. The normalized spacial score (nSPS) is 17.5. The molecule has 2 aromatic carbocycles. The van der Waals surface area contributed by atoms with Crippen molar-refractivity contribution in [2.45, 2.75) is 25.2 Å². The van der Waals surface area contributed by atoms with Gasteiger partial charge in [0, 0.05) is 39.1 Å². The second-order valence-corrected chi connectivity index (χ2v) is 7.56. The van der Waals surface area contributed by atoms with Gasteiger partial charge >= 0.3 is 0 Å². The molecule has 5 nitrogen and oxygen atoms in total. The van der Waals surface area contributed by atoms with Crippen molar-refractivity contribution in [1.29, 1.82) is 0 Å². The molecule has 4 rings (SSSR count). The van der Waals surface area contributed by atoms with E-state index in [1.807, 2.05) is 41.3 Å². The van der Waals surface area contributed by atoms with Crippen LogP contribution in [0.25, 0.3) is 0 Å². The highest BCUT2D eigenvalue weighted by molar-refractivity contribution is 5.78. The smallest absolute Gasteiger partial charge is 0.231 e. The Morgan fingerprint density at radius 3 is 2.57 bits per heavy atom. The molecule has 1 saturated heterocycles. The molecule has 148 valence electrons. The molecular formula is C23H27NO4. The highest BCUT2D eigenvalue weighted by atomic mass is 16.7. The summed E-state index contributed by atoms with van der Waals surface area (Å²) in [6.07, 6.45) is 2.48. The Morgan fingerprint density at radius 2 is 1.82 bits per heavy atom. The minimum absolute atomic E-state index is 0.0000939. The Labute approximate surface area is 166 Å². The summed E-state index contributed by atoms with van der Waals surface area (Å²) < 4.78 is 16.3. The standard InChI is InChI=1S/C23H27NO4/c1-26-15-17-9-11-24(12-10-17)23(25)14-20(18-5-3-2-4-6-18)19-7-8-21-22(13-19)28-16-27-21/h2-8,13,17,20H,9-12,14-16H2,1H3. The van der Waals surface area contributed by atoms with Crippen LogP contribution in [0.4, 0.5) is 0 Å². The van der Waals surface area contributed by atoms with E-state index in [-0.39, 0.29) is 18.6 Å². The van der Waals surface area contributed by atoms with E-state index in [0.29, 0.717) is 12.3 Å². The third kappa shape index (κ3) is 4.14. The summed E-state index contributed by atoms with van der Waals surface area (Å²) in [5, 5.41) is 0. The molecule has 1 amide bonds. The number of carbonyl (C=O) groups excluding carboxylic acids is 1. The van der Waals surface area contributed by atoms with Crippen molar-refractivity contribution in [2.75, 3.05) is 33.6 Å². The highest BCUT2D eigenvalue weighted by Gasteiger charge is 2.27. The summed E-state index contributed by atoms with van der Waals surface area (Å²) in [4.78, 5) is 15.1. The van der Waals surface area contributed by atoms with Gasteiger partial charge in [-0.05, 0) is 42.0 Å². The van der Waals surface area contributed by atoms with Crippen LogP contribution in [-0.2, 0) is 9.53 Å². The van der Waals surface area contributed by atoms with Crippen molar-refractivity contribution in [3.8, 4) is 11.5 Å². The molecule has 1 unspecified atom stereocenters. The van der Waals surface area contributed by atoms with Crippen LogP contribution in [0, 0.1) is 5.92 Å². The van der Waals surface area contributed by atoms with Gasteiger partial charge in [-0.2, -0.15) is 0 Å². The number of likely N-dealkylation sites (tertiary alicyclic amines) is 1. The van der Waals surface area contributed by atoms with Crippen molar-refractivity contribution >= 4 is 5.91 Å². The van der Waals surface area contributed by atoms with Gasteiger partial charge < -0.3 is 19.1 Å². The molecule has 2 heterocycles. The summed E-state index contributed by atoms with van der Waals surface area (Å²) >= 11 is 0. The highest BCUT2D eigenvalue weighted by Crippen LogP contribution is 2.38. The number of rotatable bonds is 6. The molecule has 2 aliphatic rings. The maximum Gasteiger partial charge on any atom is 0.231 e. The van der Waals surface area contributed by atoms with E-state index in [1.165, 1.54) is 0 Å². The molecule has 0 bridgehead atoms. The van der Waals surface area contributed by atoms with Crippen molar-refractivity contribution in [3.05, 3.63) is 59.7 Å². The summed E-state index contributed by atoms with van der Waals surface area (Å²) in [6.45, 7) is 2.67. The van der Waals surface area contributed by atoms with Gasteiger partial charge in [-0.25, -0.2) is 0 Å². The van der Waals surface area contributed by atoms with Gasteiger partial charge in [0.2, 0.25) is 12.7 Å². The third-order valence-electron chi connectivity index (χ3n) is 5.75. The summed E-state index contributed by atoms with van der Waals surface area (Å²) in [5.74, 6) is 2.29. The monoisotopic (exact) mass is 381 g/mol. The van der Waals surface area contributed by atoms with Crippen molar-refractivity contribution in [3.63, 3.8) is 0 Å². The number of methoxy groups -OCH3 is 1. The molecule has 1 fully saturated rings. The molecule has 0 aromatic heterocycles. The van der Waals surface area contributed by atoms with Gasteiger partial charge in [-0.15, -0.1) is 0 Å². The lowest BCUT2D eigenvalue weighted by molar-refractivity contribution is -0.133. The first-order valence-electron chi connectivity index (χ1n) is 9.96. The van der Waals surface area contributed by atoms with Crippen molar-refractivity contribution < 1.29 is 19.0 Å². The second kappa shape index (κ2) is 8.65. The lowest BCUT2D eigenvalue weighted by atomic mass is 9.87. The van der Waals surface area contributed by atoms with Crippen molar-refractivity contribution in [1.82, 2.24) is 4.90 Å². The van der Waals surface area contributed by atoms with Crippen LogP contribution >= 0.6 is 0 Å². The molecule has 1 atom stereocenters. The zero-order chi connectivity index (χ0) is 19.3. The van der Waals surface area contributed by atoms with Gasteiger partial charge in [0.1, 0.15) is 0 Å². The van der Waals surface area contributed by atoms with Gasteiger partial charge in [-0.1, -0.05) is 36.4 Å². The number of benzene rings is 2. The first-order valence-corrected chi connectivity index (χ1v) is 9.96. The Bertz CT molecular complexity index is 800. The fraction of sp³-hybridized carbons (Fsp3) is 0.435. The number of hydrogen-bond acceptors (Lipinski definition) is 4. The number of hydrogen-bond donors (Lipinski definition) is 0. The van der Waals surface area contributed by atoms with E-state index in [1.54, 1.807) is 7.11 Å². The van der Waals surface area contributed by atoms with Crippen LogP contribution in [0.5, 0.6) is 11.5 Å². The van der Waals surface area contributed by atoms with E-state index in [2.05, 4.69) is 12.1 Å².